The Labute approximate surface area is 139 Å². The molecule has 4 nitrogen and oxygen atoms in total. The summed E-state index contributed by atoms with van der Waals surface area (Å²) >= 11 is 0. The van der Waals surface area contributed by atoms with Crippen LogP contribution >= 0.6 is 0 Å². The lowest BCUT2D eigenvalue weighted by molar-refractivity contribution is -0.122. The number of hydrogen-bond donors (Lipinski definition) is 1. The van der Waals surface area contributed by atoms with Crippen molar-refractivity contribution in [2.75, 3.05) is 19.6 Å². The van der Waals surface area contributed by atoms with Crippen molar-refractivity contribution in [2.24, 2.45) is 11.8 Å². The van der Waals surface area contributed by atoms with Crippen molar-refractivity contribution in [3.8, 4) is 0 Å². The summed E-state index contributed by atoms with van der Waals surface area (Å²) < 4.78 is 0. The molecule has 2 amide bonds. The lowest BCUT2D eigenvalue weighted by atomic mass is 9.93. The van der Waals surface area contributed by atoms with Crippen LogP contribution in [0, 0.1) is 11.8 Å². The minimum absolute atomic E-state index is 0.102. The molecule has 0 radical (unpaired) electrons. The maximum atomic E-state index is 12.4. The molecule has 0 aliphatic carbocycles. The average molecular weight is 316 g/mol. The predicted molar refractivity (Wildman–Crippen MR) is 92.2 cm³/mol. The van der Waals surface area contributed by atoms with Gasteiger partial charge in [0.2, 0.25) is 5.91 Å². The highest BCUT2D eigenvalue weighted by molar-refractivity contribution is 5.94. The second kappa shape index (κ2) is 8.70. The van der Waals surface area contributed by atoms with Crippen molar-refractivity contribution in [3.05, 3.63) is 35.9 Å². The van der Waals surface area contributed by atoms with Gasteiger partial charge in [-0.1, -0.05) is 32.0 Å². The van der Waals surface area contributed by atoms with Crippen molar-refractivity contribution in [3.63, 3.8) is 0 Å². The Hall–Kier alpha value is -1.84. The Bertz CT molecular complexity index is 505. The van der Waals surface area contributed by atoms with Crippen LogP contribution in [0.3, 0.4) is 0 Å². The van der Waals surface area contributed by atoms with Gasteiger partial charge in [0, 0.05) is 31.6 Å². The number of amides is 2. The molecule has 1 aromatic rings. The normalized spacial score (nSPS) is 15.7. The number of rotatable bonds is 6. The Morgan fingerprint density at radius 2 is 1.83 bits per heavy atom. The van der Waals surface area contributed by atoms with E-state index in [9.17, 15) is 9.59 Å². The fourth-order valence-electron chi connectivity index (χ4n) is 2.94. The van der Waals surface area contributed by atoms with Crippen molar-refractivity contribution < 1.29 is 9.59 Å². The van der Waals surface area contributed by atoms with Crippen molar-refractivity contribution >= 4 is 11.8 Å². The van der Waals surface area contributed by atoms with E-state index in [0.29, 0.717) is 18.3 Å². The molecule has 0 saturated carbocycles. The van der Waals surface area contributed by atoms with Gasteiger partial charge >= 0.3 is 0 Å². The van der Waals surface area contributed by atoms with Crippen LogP contribution in [0.4, 0.5) is 0 Å². The van der Waals surface area contributed by atoms with E-state index in [4.69, 9.17) is 0 Å². The monoisotopic (exact) mass is 316 g/mol. The summed E-state index contributed by atoms with van der Waals surface area (Å²) in [6.45, 7) is 6.58. The van der Waals surface area contributed by atoms with Gasteiger partial charge < -0.3 is 10.2 Å². The topological polar surface area (TPSA) is 49.4 Å². The number of piperidine rings is 1. The summed E-state index contributed by atoms with van der Waals surface area (Å²) in [5, 5.41) is 3.00. The average Bonchev–Trinajstić information content (AvgIpc) is 2.55. The molecule has 0 aromatic heterocycles. The van der Waals surface area contributed by atoms with E-state index in [1.165, 1.54) is 0 Å². The van der Waals surface area contributed by atoms with Crippen LogP contribution in [0.5, 0.6) is 0 Å². The SMILES string of the molecule is CC(C)CCNC(=O)CC1CCN(C(=O)c2ccccc2)CC1. The van der Waals surface area contributed by atoms with Gasteiger partial charge in [-0.25, -0.2) is 0 Å². The second-order valence-corrected chi connectivity index (χ2v) is 6.84. The van der Waals surface area contributed by atoms with Gasteiger partial charge in [-0.05, 0) is 43.2 Å². The molecule has 0 bridgehead atoms. The summed E-state index contributed by atoms with van der Waals surface area (Å²) in [7, 11) is 0. The van der Waals surface area contributed by atoms with Gasteiger partial charge in [0.15, 0.2) is 0 Å². The van der Waals surface area contributed by atoms with Crippen LogP contribution in [0.2, 0.25) is 0 Å². The van der Waals surface area contributed by atoms with E-state index < -0.39 is 0 Å². The number of carbonyl (C=O) groups excluding carboxylic acids is 2. The van der Waals surface area contributed by atoms with E-state index in [1.54, 1.807) is 0 Å². The van der Waals surface area contributed by atoms with Crippen LogP contribution < -0.4 is 5.32 Å². The van der Waals surface area contributed by atoms with Gasteiger partial charge in [-0.3, -0.25) is 9.59 Å². The molecule has 1 aromatic carbocycles. The molecule has 1 N–H and O–H groups in total. The minimum atomic E-state index is 0.102. The number of nitrogens with one attached hydrogen (secondary N) is 1. The molecular weight excluding hydrogens is 288 g/mol. The molecule has 0 spiro atoms. The standard InChI is InChI=1S/C19H28N2O2/c1-15(2)8-11-20-18(22)14-16-9-12-21(13-10-16)19(23)17-6-4-3-5-7-17/h3-7,15-16H,8-14H2,1-2H3,(H,20,22). The Kier molecular flexibility index (Phi) is 6.63. The Morgan fingerprint density at radius 1 is 1.17 bits per heavy atom. The van der Waals surface area contributed by atoms with E-state index in [-0.39, 0.29) is 11.8 Å². The number of carbonyl (C=O) groups is 2. The van der Waals surface area contributed by atoms with Gasteiger partial charge in [0.25, 0.3) is 5.91 Å². The molecule has 1 aliphatic heterocycles. The van der Waals surface area contributed by atoms with Crippen LogP contribution in [0.1, 0.15) is 49.9 Å². The summed E-state index contributed by atoms with van der Waals surface area (Å²) in [5.41, 5.74) is 0.748. The third-order valence-electron chi connectivity index (χ3n) is 4.44. The van der Waals surface area contributed by atoms with E-state index in [1.807, 2.05) is 35.2 Å². The highest BCUT2D eigenvalue weighted by Crippen LogP contribution is 2.21. The number of hydrogen-bond acceptors (Lipinski definition) is 2. The summed E-state index contributed by atoms with van der Waals surface area (Å²) in [4.78, 5) is 26.2. The van der Waals surface area contributed by atoms with Crippen molar-refractivity contribution in [1.82, 2.24) is 10.2 Å². The molecule has 1 fully saturated rings. The molecule has 23 heavy (non-hydrogen) atoms. The maximum absolute atomic E-state index is 12.4. The van der Waals surface area contributed by atoms with E-state index in [2.05, 4.69) is 19.2 Å². The fraction of sp³-hybridized carbons (Fsp3) is 0.579. The molecule has 2 rings (SSSR count). The lowest BCUT2D eigenvalue weighted by Gasteiger charge is -2.31. The predicted octanol–water partition coefficient (Wildman–Crippen LogP) is 3.09. The van der Waals surface area contributed by atoms with Gasteiger partial charge in [-0.2, -0.15) is 0 Å². The van der Waals surface area contributed by atoms with E-state index in [0.717, 1.165) is 44.5 Å². The zero-order valence-electron chi connectivity index (χ0n) is 14.3. The molecule has 0 unspecified atom stereocenters. The second-order valence-electron chi connectivity index (χ2n) is 6.84. The summed E-state index contributed by atoms with van der Waals surface area (Å²) in [6.07, 6.45) is 3.44. The van der Waals surface area contributed by atoms with Crippen LogP contribution in [-0.2, 0) is 4.79 Å². The highest BCUT2D eigenvalue weighted by Gasteiger charge is 2.24. The first kappa shape index (κ1) is 17.5. The Morgan fingerprint density at radius 3 is 2.43 bits per heavy atom. The van der Waals surface area contributed by atoms with Crippen molar-refractivity contribution in [1.29, 1.82) is 0 Å². The van der Waals surface area contributed by atoms with Crippen molar-refractivity contribution in [2.45, 2.75) is 39.5 Å². The van der Waals surface area contributed by atoms with Gasteiger partial charge in [0.1, 0.15) is 0 Å². The lowest BCUT2D eigenvalue weighted by Crippen LogP contribution is -2.39. The third-order valence-corrected chi connectivity index (χ3v) is 4.44. The summed E-state index contributed by atoms with van der Waals surface area (Å²) in [5.74, 6) is 1.26. The van der Waals surface area contributed by atoms with Crippen LogP contribution in [0.25, 0.3) is 0 Å². The largest absolute Gasteiger partial charge is 0.356 e. The van der Waals surface area contributed by atoms with Gasteiger partial charge in [-0.15, -0.1) is 0 Å². The Balaban J connectivity index is 1.71. The third kappa shape index (κ3) is 5.70. The first-order valence-corrected chi connectivity index (χ1v) is 8.67. The molecule has 0 atom stereocenters. The first-order valence-electron chi connectivity index (χ1n) is 8.67. The highest BCUT2D eigenvalue weighted by atomic mass is 16.2. The first-order chi connectivity index (χ1) is 11.1. The van der Waals surface area contributed by atoms with E-state index >= 15 is 0 Å². The number of likely N-dealkylation sites (tertiary alicyclic amines) is 1. The van der Waals surface area contributed by atoms with Crippen LogP contribution in [0.15, 0.2) is 30.3 Å². The fourth-order valence-corrected chi connectivity index (χ4v) is 2.94. The molecule has 1 aliphatic rings. The number of nitrogens with zero attached hydrogens (tertiary/aromatic N) is 1. The molecule has 1 saturated heterocycles. The van der Waals surface area contributed by atoms with Crippen LogP contribution in [-0.4, -0.2) is 36.3 Å². The molecule has 126 valence electrons. The number of benzene rings is 1. The molecule has 4 heteroatoms. The summed E-state index contributed by atoms with van der Waals surface area (Å²) in [6, 6.07) is 9.41. The van der Waals surface area contributed by atoms with Gasteiger partial charge in [0.05, 0.1) is 0 Å². The quantitative estimate of drug-likeness (QED) is 0.877. The molecule has 1 heterocycles. The smallest absolute Gasteiger partial charge is 0.253 e. The molecular formula is C19H28N2O2. The maximum Gasteiger partial charge on any atom is 0.253 e. The zero-order chi connectivity index (χ0) is 16.7. The minimum Gasteiger partial charge on any atom is -0.356 e. The zero-order valence-corrected chi connectivity index (χ0v) is 14.3.